The van der Waals surface area contributed by atoms with Gasteiger partial charge in [-0.15, -0.1) is 0 Å². The average Bonchev–Trinajstić information content (AvgIpc) is 2.60. The minimum atomic E-state index is -0.348. The molecule has 124 valence electrons. The molecule has 1 heterocycles. The van der Waals surface area contributed by atoms with Crippen LogP contribution < -0.4 is 14.8 Å². The molecule has 0 spiro atoms. The van der Waals surface area contributed by atoms with Gasteiger partial charge in [-0.25, -0.2) is 0 Å². The topological polar surface area (TPSA) is 71.3 Å². The fourth-order valence-corrected chi connectivity index (χ4v) is 3.50. The molecule has 1 aromatic rings. The quantitative estimate of drug-likeness (QED) is 0.924. The number of ketones is 1. The van der Waals surface area contributed by atoms with E-state index in [4.69, 9.17) is 9.47 Å². The van der Waals surface area contributed by atoms with Gasteiger partial charge in [0.15, 0.2) is 17.3 Å². The number of ether oxygens (including phenoxy) is 2. The van der Waals surface area contributed by atoms with Crippen molar-refractivity contribution in [2.45, 2.75) is 32.1 Å². The molecule has 24 heavy (non-hydrogen) atoms. The molecule has 1 aliphatic heterocycles. The molecule has 2 aliphatic rings. The number of methoxy groups -OCH3 is 2. The van der Waals surface area contributed by atoms with Gasteiger partial charge in [-0.2, -0.15) is 5.26 Å². The largest absolute Gasteiger partial charge is 0.493 e. The Balaban J connectivity index is 2.17. The van der Waals surface area contributed by atoms with E-state index in [1.165, 1.54) is 0 Å². The molecular weight excluding hydrogens is 304 g/mol. The number of hydrogen-bond donors (Lipinski definition) is 1. The predicted molar refractivity (Wildman–Crippen MR) is 89.6 cm³/mol. The SMILES string of the molecule is COc1ccc([C@@H]2C(C#N)=C(C)NC3=C2C(=O)CCC3)cc1OC. The average molecular weight is 324 g/mol. The lowest BCUT2D eigenvalue weighted by molar-refractivity contribution is -0.116. The first kappa shape index (κ1) is 16.1. The first-order valence-corrected chi connectivity index (χ1v) is 7.96. The molecular formula is C19H20N2O3. The number of carbonyl (C=O) groups is 1. The standard InChI is InChI=1S/C19H20N2O3/c1-11-13(10-20)18(19-14(21-11)5-4-6-15(19)22)12-7-8-16(23-2)17(9-12)24-3/h7-9,18,21H,4-6H2,1-3H3/t18-/m1/s1. The van der Waals surface area contributed by atoms with Crippen molar-refractivity contribution in [1.82, 2.24) is 5.32 Å². The summed E-state index contributed by atoms with van der Waals surface area (Å²) in [6, 6.07) is 7.84. The van der Waals surface area contributed by atoms with Crippen LogP contribution in [0.25, 0.3) is 0 Å². The van der Waals surface area contributed by atoms with Crippen LogP contribution in [0.5, 0.6) is 11.5 Å². The number of Topliss-reactive ketones (excluding diaryl/α,β-unsaturated/α-hetero) is 1. The number of rotatable bonds is 3. The van der Waals surface area contributed by atoms with Gasteiger partial charge in [-0.3, -0.25) is 4.79 Å². The molecule has 0 amide bonds. The van der Waals surface area contributed by atoms with Gasteiger partial charge in [0.1, 0.15) is 0 Å². The van der Waals surface area contributed by atoms with E-state index in [0.29, 0.717) is 23.5 Å². The van der Waals surface area contributed by atoms with E-state index in [-0.39, 0.29) is 11.7 Å². The minimum Gasteiger partial charge on any atom is -0.493 e. The zero-order valence-corrected chi connectivity index (χ0v) is 14.1. The molecule has 0 bridgehead atoms. The van der Waals surface area contributed by atoms with Crippen molar-refractivity contribution in [2.24, 2.45) is 0 Å². The number of allylic oxidation sites excluding steroid dienone is 4. The number of carbonyl (C=O) groups excluding carboxylic acids is 1. The molecule has 0 radical (unpaired) electrons. The van der Waals surface area contributed by atoms with E-state index < -0.39 is 0 Å². The Hall–Kier alpha value is -2.74. The van der Waals surface area contributed by atoms with Crippen molar-refractivity contribution in [3.05, 3.63) is 46.3 Å². The number of nitrogens with zero attached hydrogens (tertiary/aromatic N) is 1. The molecule has 0 saturated carbocycles. The van der Waals surface area contributed by atoms with Gasteiger partial charge in [0.2, 0.25) is 0 Å². The van der Waals surface area contributed by atoms with Crippen LogP contribution >= 0.6 is 0 Å². The third kappa shape index (κ3) is 2.54. The molecule has 1 aliphatic carbocycles. The van der Waals surface area contributed by atoms with Crippen LogP contribution in [-0.4, -0.2) is 20.0 Å². The molecule has 5 heteroatoms. The van der Waals surface area contributed by atoms with Crippen LogP contribution in [0.1, 0.15) is 37.7 Å². The van der Waals surface area contributed by atoms with Gasteiger partial charge in [-0.1, -0.05) is 6.07 Å². The van der Waals surface area contributed by atoms with Crippen LogP contribution in [0, 0.1) is 11.3 Å². The second-order valence-corrected chi connectivity index (χ2v) is 5.99. The van der Waals surface area contributed by atoms with E-state index in [1.807, 2.05) is 25.1 Å². The lowest BCUT2D eigenvalue weighted by Gasteiger charge is -2.32. The van der Waals surface area contributed by atoms with Crippen LogP contribution in [0.4, 0.5) is 0 Å². The molecule has 0 fully saturated rings. The van der Waals surface area contributed by atoms with E-state index in [1.54, 1.807) is 14.2 Å². The van der Waals surface area contributed by atoms with Crippen molar-refractivity contribution < 1.29 is 14.3 Å². The summed E-state index contributed by atoms with van der Waals surface area (Å²) in [7, 11) is 3.16. The molecule has 1 aromatic carbocycles. The summed E-state index contributed by atoms with van der Waals surface area (Å²) in [4.78, 5) is 12.6. The van der Waals surface area contributed by atoms with Crippen LogP contribution in [0.15, 0.2) is 40.7 Å². The fourth-order valence-electron chi connectivity index (χ4n) is 3.50. The Labute approximate surface area is 141 Å². The van der Waals surface area contributed by atoms with Crippen molar-refractivity contribution in [2.75, 3.05) is 14.2 Å². The minimum absolute atomic E-state index is 0.115. The Morgan fingerprint density at radius 1 is 1.21 bits per heavy atom. The summed E-state index contributed by atoms with van der Waals surface area (Å²) < 4.78 is 10.7. The number of dihydropyridines is 1. The van der Waals surface area contributed by atoms with Gasteiger partial charge in [0.05, 0.1) is 31.8 Å². The number of benzene rings is 1. The highest BCUT2D eigenvalue weighted by molar-refractivity contribution is 5.99. The molecule has 0 aromatic heterocycles. The summed E-state index contributed by atoms with van der Waals surface area (Å²) in [5.41, 5.74) is 3.92. The third-order valence-corrected chi connectivity index (χ3v) is 4.64. The Kier molecular flexibility index (Phi) is 4.30. The van der Waals surface area contributed by atoms with Gasteiger partial charge in [0, 0.05) is 23.4 Å². The number of nitrogens with one attached hydrogen (secondary N) is 1. The summed E-state index contributed by atoms with van der Waals surface area (Å²) in [6.45, 7) is 1.88. The summed E-state index contributed by atoms with van der Waals surface area (Å²) in [5, 5.41) is 12.9. The van der Waals surface area contributed by atoms with Crippen LogP contribution in [-0.2, 0) is 4.79 Å². The predicted octanol–water partition coefficient (Wildman–Crippen LogP) is 3.20. The summed E-state index contributed by atoms with van der Waals surface area (Å²) in [5.74, 6) is 0.982. The van der Waals surface area contributed by atoms with Gasteiger partial charge in [0.25, 0.3) is 0 Å². The smallest absolute Gasteiger partial charge is 0.161 e. The Morgan fingerprint density at radius 3 is 2.62 bits per heavy atom. The van der Waals surface area contributed by atoms with Crippen molar-refractivity contribution >= 4 is 5.78 Å². The van der Waals surface area contributed by atoms with Crippen LogP contribution in [0.2, 0.25) is 0 Å². The summed E-state index contributed by atoms with van der Waals surface area (Å²) >= 11 is 0. The first-order chi connectivity index (χ1) is 11.6. The van der Waals surface area contributed by atoms with Crippen molar-refractivity contribution in [3.63, 3.8) is 0 Å². The second kappa shape index (κ2) is 6.40. The second-order valence-electron chi connectivity index (χ2n) is 5.99. The highest BCUT2D eigenvalue weighted by atomic mass is 16.5. The molecule has 0 saturated heterocycles. The molecule has 5 nitrogen and oxygen atoms in total. The number of nitriles is 1. The van der Waals surface area contributed by atoms with E-state index in [9.17, 15) is 10.1 Å². The Morgan fingerprint density at radius 2 is 1.96 bits per heavy atom. The maximum atomic E-state index is 12.6. The molecule has 1 atom stereocenters. The van der Waals surface area contributed by atoms with Gasteiger partial charge >= 0.3 is 0 Å². The van der Waals surface area contributed by atoms with Gasteiger partial charge < -0.3 is 14.8 Å². The molecule has 0 unspecified atom stereocenters. The lowest BCUT2D eigenvalue weighted by atomic mass is 9.75. The van der Waals surface area contributed by atoms with Crippen molar-refractivity contribution in [3.8, 4) is 17.6 Å². The van der Waals surface area contributed by atoms with Crippen molar-refractivity contribution in [1.29, 1.82) is 5.26 Å². The fraction of sp³-hybridized carbons (Fsp3) is 0.368. The maximum Gasteiger partial charge on any atom is 0.161 e. The zero-order valence-electron chi connectivity index (χ0n) is 14.1. The Bertz CT molecular complexity index is 799. The molecule has 1 N–H and O–H groups in total. The number of hydrogen-bond acceptors (Lipinski definition) is 5. The monoisotopic (exact) mass is 324 g/mol. The normalized spacial score (nSPS) is 20.2. The lowest BCUT2D eigenvalue weighted by Crippen LogP contribution is -2.31. The zero-order chi connectivity index (χ0) is 17.3. The highest BCUT2D eigenvalue weighted by Crippen LogP contribution is 2.43. The highest BCUT2D eigenvalue weighted by Gasteiger charge is 2.36. The van der Waals surface area contributed by atoms with E-state index in [2.05, 4.69) is 11.4 Å². The summed E-state index contributed by atoms with van der Waals surface area (Å²) in [6.07, 6.45) is 2.21. The molecule has 3 rings (SSSR count). The van der Waals surface area contributed by atoms with Crippen LogP contribution in [0.3, 0.4) is 0 Å². The first-order valence-electron chi connectivity index (χ1n) is 7.96. The third-order valence-electron chi connectivity index (χ3n) is 4.64. The van der Waals surface area contributed by atoms with E-state index in [0.717, 1.165) is 35.4 Å². The van der Waals surface area contributed by atoms with Gasteiger partial charge in [-0.05, 0) is 37.5 Å². The maximum absolute atomic E-state index is 12.6. The van der Waals surface area contributed by atoms with E-state index >= 15 is 0 Å².